The van der Waals surface area contributed by atoms with Crippen LogP contribution in [0.15, 0.2) is 35.5 Å². The summed E-state index contributed by atoms with van der Waals surface area (Å²) in [5.41, 5.74) is 2.47. The highest BCUT2D eigenvalue weighted by Gasteiger charge is 2.54. The van der Waals surface area contributed by atoms with Crippen LogP contribution in [0.4, 0.5) is 0 Å². The third-order valence-electron chi connectivity index (χ3n) is 10.5. The molecule has 4 aliphatic rings. The molecular formula is C33H52O4. The molecule has 4 heteroatoms. The van der Waals surface area contributed by atoms with Crippen molar-refractivity contribution >= 4 is 5.78 Å². The lowest BCUT2D eigenvalue weighted by atomic mass is 9.61. The molecule has 4 aliphatic carbocycles. The van der Waals surface area contributed by atoms with E-state index in [0.29, 0.717) is 43.4 Å². The third kappa shape index (κ3) is 6.50. The number of carbonyl (C=O) groups is 1. The van der Waals surface area contributed by atoms with Gasteiger partial charge in [-0.05, 0) is 93.8 Å². The summed E-state index contributed by atoms with van der Waals surface area (Å²) in [5, 5.41) is 31.1. The van der Waals surface area contributed by atoms with Crippen molar-refractivity contribution in [2.45, 2.75) is 135 Å². The Morgan fingerprint density at radius 2 is 1.76 bits per heavy atom. The van der Waals surface area contributed by atoms with E-state index in [4.69, 9.17) is 0 Å². The maximum atomic E-state index is 12.9. The number of aliphatic hydroxyl groups is 3. The molecule has 0 radical (unpaired) electrons. The summed E-state index contributed by atoms with van der Waals surface area (Å²) in [6.07, 6.45) is 21.8. The Labute approximate surface area is 225 Å². The highest BCUT2D eigenvalue weighted by Crippen LogP contribution is 2.59. The summed E-state index contributed by atoms with van der Waals surface area (Å²) in [6, 6.07) is 0. The molecule has 0 aromatic carbocycles. The highest BCUT2D eigenvalue weighted by atomic mass is 16.3. The predicted molar refractivity (Wildman–Crippen MR) is 150 cm³/mol. The van der Waals surface area contributed by atoms with Crippen LogP contribution in [0.2, 0.25) is 0 Å². The number of fused-ring (bicyclic) bond motifs is 1. The summed E-state index contributed by atoms with van der Waals surface area (Å²) in [5.74, 6) is 1.81. The molecule has 0 amide bonds. The van der Waals surface area contributed by atoms with Gasteiger partial charge in [0, 0.05) is 6.42 Å². The van der Waals surface area contributed by atoms with Gasteiger partial charge in [0.2, 0.25) is 0 Å². The molecule has 0 aliphatic heterocycles. The molecule has 4 rings (SSSR count). The van der Waals surface area contributed by atoms with Crippen molar-refractivity contribution in [3.63, 3.8) is 0 Å². The topological polar surface area (TPSA) is 77.8 Å². The number of Topliss-reactive ketones (excluding diaryl/α,β-unsaturated/α-hetero) is 1. The highest BCUT2D eigenvalue weighted by molar-refractivity contribution is 5.88. The van der Waals surface area contributed by atoms with Crippen LogP contribution < -0.4 is 0 Å². The first-order valence-electron chi connectivity index (χ1n) is 15.3. The number of hydrogen-bond acceptors (Lipinski definition) is 4. The van der Waals surface area contributed by atoms with E-state index in [1.54, 1.807) is 5.57 Å². The first-order valence-corrected chi connectivity index (χ1v) is 15.3. The summed E-state index contributed by atoms with van der Waals surface area (Å²) in [7, 11) is 0. The molecule has 0 spiro atoms. The summed E-state index contributed by atoms with van der Waals surface area (Å²) in [6.45, 7) is 6.97. The van der Waals surface area contributed by atoms with Gasteiger partial charge in [0.25, 0.3) is 0 Å². The van der Waals surface area contributed by atoms with Crippen LogP contribution in [0.5, 0.6) is 0 Å². The van der Waals surface area contributed by atoms with Crippen molar-refractivity contribution < 1.29 is 20.1 Å². The molecule has 0 unspecified atom stereocenters. The Kier molecular flexibility index (Phi) is 9.57. The van der Waals surface area contributed by atoms with Gasteiger partial charge in [-0.15, -0.1) is 0 Å². The van der Waals surface area contributed by atoms with Gasteiger partial charge in [0.05, 0.1) is 23.7 Å². The fourth-order valence-electron chi connectivity index (χ4n) is 8.11. The molecule has 0 aromatic heterocycles. The smallest absolute Gasteiger partial charge is 0.141 e. The van der Waals surface area contributed by atoms with E-state index in [1.807, 2.05) is 6.08 Å². The van der Waals surface area contributed by atoms with Gasteiger partial charge in [-0.1, -0.05) is 75.5 Å². The van der Waals surface area contributed by atoms with Crippen molar-refractivity contribution in [2.75, 3.05) is 0 Å². The van der Waals surface area contributed by atoms with Crippen molar-refractivity contribution in [3.8, 4) is 0 Å². The molecule has 4 saturated carbocycles. The third-order valence-corrected chi connectivity index (χ3v) is 10.5. The molecule has 0 saturated heterocycles. The Balaban J connectivity index is 1.38. The first kappa shape index (κ1) is 28.8. The van der Waals surface area contributed by atoms with Crippen molar-refractivity contribution in [1.82, 2.24) is 0 Å². The molecule has 0 heterocycles. The van der Waals surface area contributed by atoms with E-state index in [0.717, 1.165) is 32.1 Å². The molecule has 4 fully saturated rings. The fraction of sp³-hybridized carbons (Fsp3) is 0.788. The lowest BCUT2D eigenvalue weighted by Crippen LogP contribution is -2.35. The minimum atomic E-state index is -0.645. The van der Waals surface area contributed by atoms with E-state index in [1.165, 1.54) is 44.1 Å². The normalized spacial score (nSPS) is 35.9. The first-order chi connectivity index (χ1) is 17.7. The monoisotopic (exact) mass is 512 g/mol. The van der Waals surface area contributed by atoms with Crippen LogP contribution >= 0.6 is 0 Å². The van der Waals surface area contributed by atoms with E-state index in [2.05, 4.69) is 39.0 Å². The molecular weight excluding hydrogens is 460 g/mol. The van der Waals surface area contributed by atoms with Gasteiger partial charge in [0.15, 0.2) is 0 Å². The molecule has 7 atom stereocenters. The summed E-state index contributed by atoms with van der Waals surface area (Å²) < 4.78 is 0. The SMILES string of the molecule is CCCCCCC(=O)C1([C@H](O)/C=C/[C@@H](C)[C@H]2CC[C@H]3/C(=C/C=C4C[C@@H](O)C[C@H](O)C4)CCC[C@]23C)CC1. The molecule has 4 nitrogen and oxygen atoms in total. The zero-order valence-corrected chi connectivity index (χ0v) is 23.6. The largest absolute Gasteiger partial charge is 0.393 e. The van der Waals surface area contributed by atoms with Crippen LogP contribution in [0.25, 0.3) is 0 Å². The van der Waals surface area contributed by atoms with Crippen molar-refractivity contribution in [2.24, 2.45) is 28.6 Å². The Morgan fingerprint density at radius 3 is 2.43 bits per heavy atom. The van der Waals surface area contributed by atoms with E-state index >= 15 is 0 Å². The quantitative estimate of drug-likeness (QED) is 0.209. The van der Waals surface area contributed by atoms with Gasteiger partial charge in [-0.25, -0.2) is 0 Å². The fourth-order valence-corrected chi connectivity index (χ4v) is 8.11. The van der Waals surface area contributed by atoms with Crippen molar-refractivity contribution in [3.05, 3.63) is 35.5 Å². The average Bonchev–Trinajstić information content (AvgIpc) is 3.59. The predicted octanol–water partition coefficient (Wildman–Crippen LogP) is 6.83. The minimum absolute atomic E-state index is 0.259. The van der Waals surface area contributed by atoms with Crippen molar-refractivity contribution in [1.29, 1.82) is 0 Å². The average molecular weight is 513 g/mol. The Morgan fingerprint density at radius 1 is 1.03 bits per heavy atom. The number of unbranched alkanes of at least 4 members (excludes halogenated alkanes) is 3. The van der Waals surface area contributed by atoms with E-state index in [-0.39, 0.29) is 11.2 Å². The van der Waals surface area contributed by atoms with Gasteiger partial charge >= 0.3 is 0 Å². The zero-order chi connectivity index (χ0) is 26.6. The number of aliphatic hydroxyl groups excluding tert-OH is 3. The number of ketones is 1. The maximum absolute atomic E-state index is 12.9. The summed E-state index contributed by atoms with van der Waals surface area (Å²) in [4.78, 5) is 12.9. The molecule has 208 valence electrons. The van der Waals surface area contributed by atoms with E-state index < -0.39 is 23.7 Å². The number of rotatable bonds is 11. The van der Waals surface area contributed by atoms with Gasteiger partial charge in [0.1, 0.15) is 5.78 Å². The Hall–Kier alpha value is -1.23. The second-order valence-corrected chi connectivity index (χ2v) is 13.2. The van der Waals surface area contributed by atoms with E-state index in [9.17, 15) is 20.1 Å². The lowest BCUT2D eigenvalue weighted by Gasteiger charge is -2.44. The van der Waals surface area contributed by atoms with Crippen LogP contribution in [0, 0.1) is 28.6 Å². The second kappa shape index (κ2) is 12.3. The van der Waals surface area contributed by atoms with Gasteiger partial charge in [-0.2, -0.15) is 0 Å². The van der Waals surface area contributed by atoms with Crippen LogP contribution in [-0.2, 0) is 4.79 Å². The van der Waals surface area contributed by atoms with Crippen LogP contribution in [-0.4, -0.2) is 39.4 Å². The molecule has 37 heavy (non-hydrogen) atoms. The Bertz CT molecular complexity index is 869. The second-order valence-electron chi connectivity index (χ2n) is 13.2. The molecule has 0 aromatic rings. The summed E-state index contributed by atoms with van der Waals surface area (Å²) >= 11 is 0. The minimum Gasteiger partial charge on any atom is -0.393 e. The molecule has 0 bridgehead atoms. The van der Waals surface area contributed by atoms with Gasteiger partial charge in [-0.3, -0.25) is 4.79 Å². The molecule has 3 N–H and O–H groups in total. The lowest BCUT2D eigenvalue weighted by molar-refractivity contribution is -0.127. The number of hydrogen-bond donors (Lipinski definition) is 3. The standard InChI is InChI=1S/C33H52O4/c1-4-5-6-7-10-30(36)33(18-19-33)31(37)16-11-23(2)28-14-15-29-25(9-8-17-32(28,29)3)13-12-24-20-26(34)22-27(35)21-24/h11-13,16,23,26-29,31,34-35,37H,4-10,14-15,17-22H2,1-3H3/b16-11+,25-13+/t23-,26-,27-,28-,29+,31-,32-/m1/s1. The zero-order valence-electron chi connectivity index (χ0n) is 23.6. The van der Waals surface area contributed by atoms with Crippen LogP contribution in [0.3, 0.4) is 0 Å². The maximum Gasteiger partial charge on any atom is 0.141 e. The van der Waals surface area contributed by atoms with Crippen LogP contribution in [0.1, 0.15) is 117 Å². The number of carbonyl (C=O) groups excluding carboxylic acids is 1. The van der Waals surface area contributed by atoms with Gasteiger partial charge < -0.3 is 15.3 Å². The number of allylic oxidation sites excluding steroid dienone is 4.